The number of fused-ring (bicyclic) bond motifs is 1. The van der Waals surface area contributed by atoms with Gasteiger partial charge in [-0.3, -0.25) is 9.59 Å². The molecular weight excluding hydrogens is 403 g/mol. The lowest BCUT2D eigenvalue weighted by molar-refractivity contribution is -0.123. The monoisotopic (exact) mass is 422 g/mol. The molecule has 0 saturated heterocycles. The first kappa shape index (κ1) is 19.2. The Morgan fingerprint density at radius 2 is 2.06 bits per heavy atom. The van der Waals surface area contributed by atoms with Gasteiger partial charge in [0.05, 0.1) is 16.9 Å². The van der Waals surface area contributed by atoms with E-state index in [0.29, 0.717) is 23.3 Å². The van der Waals surface area contributed by atoms with Gasteiger partial charge in [-0.25, -0.2) is 9.37 Å². The fourth-order valence-electron chi connectivity index (χ4n) is 4.11. The van der Waals surface area contributed by atoms with E-state index < -0.39 is 23.7 Å². The smallest absolute Gasteiger partial charge is 0.271 e. The molecular formula is C21H19FN6O3. The van der Waals surface area contributed by atoms with Crippen LogP contribution < -0.4 is 15.8 Å². The number of halogens is 1. The molecule has 3 heterocycles. The second kappa shape index (κ2) is 7.46. The van der Waals surface area contributed by atoms with Crippen LogP contribution in [-0.2, 0) is 4.79 Å². The third kappa shape index (κ3) is 3.39. The van der Waals surface area contributed by atoms with Crippen molar-refractivity contribution in [3.05, 3.63) is 53.7 Å². The van der Waals surface area contributed by atoms with Gasteiger partial charge in [-0.05, 0) is 31.0 Å². The van der Waals surface area contributed by atoms with Gasteiger partial charge in [0.2, 0.25) is 6.10 Å². The Balaban J connectivity index is 1.47. The SMILES string of the molecule is NC(=O)c1cc2c(cc1F)OC(c1cccc(-c3nncn3C3CCCC3)n1)C(=O)N2. The Morgan fingerprint density at radius 1 is 1.26 bits per heavy atom. The molecule has 1 aliphatic heterocycles. The summed E-state index contributed by atoms with van der Waals surface area (Å²) in [7, 11) is 0. The van der Waals surface area contributed by atoms with Crippen molar-refractivity contribution in [1.82, 2.24) is 19.7 Å². The summed E-state index contributed by atoms with van der Waals surface area (Å²) in [5.41, 5.74) is 5.93. The Morgan fingerprint density at radius 3 is 2.84 bits per heavy atom. The summed E-state index contributed by atoms with van der Waals surface area (Å²) < 4.78 is 21.9. The Hall–Kier alpha value is -3.82. The topological polar surface area (TPSA) is 125 Å². The van der Waals surface area contributed by atoms with Crippen LogP contribution in [0.5, 0.6) is 5.75 Å². The Labute approximate surface area is 176 Å². The number of ether oxygens (including phenoxy) is 1. The molecule has 2 amide bonds. The highest BCUT2D eigenvalue weighted by atomic mass is 19.1. The van der Waals surface area contributed by atoms with Crippen LogP contribution >= 0.6 is 0 Å². The van der Waals surface area contributed by atoms with Crippen molar-refractivity contribution in [1.29, 1.82) is 0 Å². The highest BCUT2D eigenvalue weighted by molar-refractivity contribution is 6.01. The van der Waals surface area contributed by atoms with Crippen molar-refractivity contribution < 1.29 is 18.7 Å². The van der Waals surface area contributed by atoms with Gasteiger partial charge < -0.3 is 20.4 Å². The summed E-state index contributed by atoms with van der Waals surface area (Å²) in [6, 6.07) is 7.74. The highest BCUT2D eigenvalue weighted by Gasteiger charge is 2.32. The predicted octanol–water partition coefficient (Wildman–Crippen LogP) is 2.77. The molecule has 3 aromatic rings. The number of carbonyl (C=O) groups is 2. The van der Waals surface area contributed by atoms with Gasteiger partial charge in [0.1, 0.15) is 23.6 Å². The highest BCUT2D eigenvalue weighted by Crippen LogP contribution is 2.37. The van der Waals surface area contributed by atoms with Crippen LogP contribution in [0.3, 0.4) is 0 Å². The maximum Gasteiger partial charge on any atom is 0.271 e. The summed E-state index contributed by atoms with van der Waals surface area (Å²) in [4.78, 5) is 28.6. The summed E-state index contributed by atoms with van der Waals surface area (Å²) in [6.07, 6.45) is 5.08. The van der Waals surface area contributed by atoms with Gasteiger partial charge in [-0.1, -0.05) is 18.9 Å². The molecule has 1 aliphatic carbocycles. The maximum absolute atomic E-state index is 14.2. The van der Waals surface area contributed by atoms with Crippen molar-refractivity contribution in [2.75, 3.05) is 5.32 Å². The van der Waals surface area contributed by atoms with E-state index in [1.807, 2.05) is 4.57 Å². The van der Waals surface area contributed by atoms with Crippen molar-refractivity contribution >= 4 is 17.5 Å². The van der Waals surface area contributed by atoms with E-state index in [4.69, 9.17) is 10.5 Å². The third-order valence-corrected chi connectivity index (χ3v) is 5.64. The van der Waals surface area contributed by atoms with Gasteiger partial charge in [0, 0.05) is 12.1 Å². The number of hydrogen-bond donors (Lipinski definition) is 2. The summed E-state index contributed by atoms with van der Waals surface area (Å²) in [5.74, 6) is -1.53. The number of benzene rings is 1. The van der Waals surface area contributed by atoms with E-state index >= 15 is 0 Å². The van der Waals surface area contributed by atoms with Gasteiger partial charge in [-0.15, -0.1) is 10.2 Å². The zero-order valence-corrected chi connectivity index (χ0v) is 16.4. The van der Waals surface area contributed by atoms with Crippen LogP contribution in [0.15, 0.2) is 36.7 Å². The van der Waals surface area contributed by atoms with Crippen molar-refractivity contribution in [2.45, 2.75) is 37.8 Å². The van der Waals surface area contributed by atoms with Gasteiger partial charge in [-0.2, -0.15) is 0 Å². The fraction of sp³-hybridized carbons (Fsp3) is 0.286. The van der Waals surface area contributed by atoms with Crippen LogP contribution in [0.25, 0.3) is 11.5 Å². The van der Waals surface area contributed by atoms with Crippen molar-refractivity contribution in [2.24, 2.45) is 5.73 Å². The number of nitrogens with two attached hydrogens (primary N) is 1. The molecule has 1 saturated carbocycles. The Kier molecular flexibility index (Phi) is 4.61. The standard InChI is InChI=1S/C21H19FN6O3/c22-13-9-17-16(8-12(13)19(23)29)26-21(30)18(31-17)14-6-3-7-15(25-14)20-27-24-10-28(20)11-4-1-2-5-11/h3,6-11,18H,1-2,4-5H2,(H2,23,29)(H,26,30). The Bertz CT molecular complexity index is 1190. The molecule has 1 aromatic carbocycles. The number of rotatable bonds is 4. The van der Waals surface area contributed by atoms with Crippen LogP contribution in [0.1, 0.15) is 53.9 Å². The number of nitrogens with one attached hydrogen (secondary N) is 1. The first-order valence-electron chi connectivity index (χ1n) is 9.99. The number of anilines is 1. The van der Waals surface area contributed by atoms with Crippen LogP contribution in [0, 0.1) is 5.82 Å². The second-order valence-corrected chi connectivity index (χ2v) is 7.63. The molecule has 1 atom stereocenters. The molecule has 5 rings (SSSR count). The molecule has 2 aromatic heterocycles. The summed E-state index contributed by atoms with van der Waals surface area (Å²) in [5, 5.41) is 10.9. The average molecular weight is 422 g/mol. The van der Waals surface area contributed by atoms with Crippen molar-refractivity contribution in [3.63, 3.8) is 0 Å². The average Bonchev–Trinajstić information content (AvgIpc) is 3.44. The van der Waals surface area contributed by atoms with E-state index in [0.717, 1.165) is 25.0 Å². The van der Waals surface area contributed by atoms with Gasteiger partial charge in [0.25, 0.3) is 11.8 Å². The van der Waals surface area contributed by atoms with E-state index in [-0.39, 0.29) is 17.0 Å². The lowest BCUT2D eigenvalue weighted by Crippen LogP contribution is -2.31. The molecule has 0 bridgehead atoms. The molecule has 10 heteroatoms. The first-order chi connectivity index (χ1) is 15.0. The number of primary amides is 1. The largest absolute Gasteiger partial charge is 0.472 e. The molecule has 31 heavy (non-hydrogen) atoms. The molecule has 1 unspecified atom stereocenters. The lowest BCUT2D eigenvalue weighted by Gasteiger charge is -2.26. The van der Waals surface area contributed by atoms with E-state index in [1.54, 1.807) is 24.5 Å². The van der Waals surface area contributed by atoms with E-state index in [1.165, 1.54) is 12.8 Å². The first-order valence-corrected chi connectivity index (χ1v) is 9.99. The molecule has 9 nitrogen and oxygen atoms in total. The molecule has 2 aliphatic rings. The minimum absolute atomic E-state index is 0.0911. The molecule has 1 fully saturated rings. The second-order valence-electron chi connectivity index (χ2n) is 7.63. The quantitative estimate of drug-likeness (QED) is 0.666. The van der Waals surface area contributed by atoms with Crippen LogP contribution in [-0.4, -0.2) is 31.6 Å². The van der Waals surface area contributed by atoms with Crippen molar-refractivity contribution in [3.8, 4) is 17.3 Å². The summed E-state index contributed by atoms with van der Waals surface area (Å²) in [6.45, 7) is 0. The lowest BCUT2D eigenvalue weighted by atomic mass is 10.1. The van der Waals surface area contributed by atoms with Crippen LogP contribution in [0.2, 0.25) is 0 Å². The maximum atomic E-state index is 14.2. The minimum atomic E-state index is -1.09. The normalized spacial score (nSPS) is 18.4. The fourth-order valence-corrected chi connectivity index (χ4v) is 4.11. The zero-order valence-electron chi connectivity index (χ0n) is 16.4. The van der Waals surface area contributed by atoms with Gasteiger partial charge >= 0.3 is 0 Å². The summed E-state index contributed by atoms with van der Waals surface area (Å²) >= 11 is 0. The number of nitrogens with zero attached hydrogens (tertiary/aromatic N) is 4. The number of carbonyl (C=O) groups excluding carboxylic acids is 2. The minimum Gasteiger partial charge on any atom is -0.472 e. The van der Waals surface area contributed by atoms with E-state index in [2.05, 4.69) is 20.5 Å². The molecule has 158 valence electrons. The predicted molar refractivity (Wildman–Crippen MR) is 108 cm³/mol. The van der Waals surface area contributed by atoms with Gasteiger partial charge in [0.15, 0.2) is 5.82 Å². The number of pyridine rings is 1. The molecule has 3 N–H and O–H groups in total. The number of aromatic nitrogens is 4. The van der Waals surface area contributed by atoms with E-state index in [9.17, 15) is 14.0 Å². The number of hydrogen-bond acceptors (Lipinski definition) is 6. The van der Waals surface area contributed by atoms with Crippen LogP contribution in [0.4, 0.5) is 10.1 Å². The molecule has 0 radical (unpaired) electrons. The molecule has 0 spiro atoms. The third-order valence-electron chi connectivity index (χ3n) is 5.64. The number of amides is 2. The zero-order chi connectivity index (χ0) is 21.5.